The number of carbonyl (C=O) groups excluding carboxylic acids is 2. The number of hydrogen-bond donors (Lipinski definition) is 1. The van der Waals surface area contributed by atoms with E-state index in [0.717, 1.165) is 22.2 Å². The van der Waals surface area contributed by atoms with Crippen LogP contribution < -0.4 is 10.1 Å². The maximum absolute atomic E-state index is 12.2. The zero-order valence-electron chi connectivity index (χ0n) is 17.2. The van der Waals surface area contributed by atoms with Gasteiger partial charge in [0, 0.05) is 30.4 Å². The number of nitrogens with one attached hydrogen (secondary N) is 1. The minimum Gasteiger partial charge on any atom is -0.462 e. The van der Waals surface area contributed by atoms with E-state index < -0.39 is 0 Å². The highest BCUT2D eigenvalue weighted by Crippen LogP contribution is 2.32. The second kappa shape index (κ2) is 7.55. The van der Waals surface area contributed by atoms with Crippen LogP contribution in [-0.4, -0.2) is 39.8 Å². The molecule has 0 fully saturated rings. The number of esters is 1. The maximum Gasteiger partial charge on any atom is 0.340 e. The van der Waals surface area contributed by atoms with Gasteiger partial charge in [-0.25, -0.2) is 14.1 Å². The van der Waals surface area contributed by atoms with E-state index in [0.29, 0.717) is 29.2 Å². The molecule has 0 unspecified atom stereocenters. The van der Waals surface area contributed by atoms with E-state index >= 15 is 0 Å². The number of nitrogens with zero attached hydrogens (tertiary/aromatic N) is 3. The zero-order valence-corrected chi connectivity index (χ0v) is 17.2. The second-order valence-corrected chi connectivity index (χ2v) is 6.88. The molecule has 0 radical (unpaired) electrons. The lowest BCUT2D eigenvalue weighted by molar-refractivity contribution is 0.0525. The van der Waals surface area contributed by atoms with Gasteiger partial charge in [0.25, 0.3) is 0 Å². The van der Waals surface area contributed by atoms with Crippen molar-refractivity contribution >= 4 is 28.4 Å². The van der Waals surface area contributed by atoms with Crippen molar-refractivity contribution in [3.05, 3.63) is 59.5 Å². The average Bonchev–Trinajstić information content (AvgIpc) is 3.24. The Morgan fingerprint density at radius 3 is 2.70 bits per heavy atom. The Labute approximate surface area is 173 Å². The molecular weight excluding hydrogens is 384 g/mol. The summed E-state index contributed by atoms with van der Waals surface area (Å²) in [6, 6.07) is 9.03. The van der Waals surface area contributed by atoms with Gasteiger partial charge in [0.2, 0.25) is 0 Å². The van der Waals surface area contributed by atoms with Gasteiger partial charge in [-0.2, -0.15) is 5.10 Å². The quantitative estimate of drug-likeness (QED) is 0.517. The normalized spacial score (nSPS) is 11.1. The molecular formula is C22H22N4O4. The lowest BCUT2D eigenvalue weighted by Gasteiger charge is -2.09. The van der Waals surface area contributed by atoms with Gasteiger partial charge in [-0.3, -0.25) is 4.57 Å². The van der Waals surface area contributed by atoms with Gasteiger partial charge in [-0.1, -0.05) is 0 Å². The first-order chi connectivity index (χ1) is 14.4. The monoisotopic (exact) mass is 406 g/mol. The zero-order chi connectivity index (χ0) is 21.4. The van der Waals surface area contributed by atoms with Crippen molar-refractivity contribution in [1.29, 1.82) is 0 Å². The Morgan fingerprint density at radius 2 is 1.97 bits per heavy atom. The highest BCUT2D eigenvalue weighted by Gasteiger charge is 2.19. The first kappa shape index (κ1) is 19.5. The fraction of sp³-hybridized carbons (Fsp3) is 0.227. The number of hydrogen-bond acceptors (Lipinski definition) is 5. The largest absolute Gasteiger partial charge is 0.462 e. The summed E-state index contributed by atoms with van der Waals surface area (Å²) in [7, 11) is 1.60. The summed E-state index contributed by atoms with van der Waals surface area (Å²) in [6.07, 6.45) is 3.26. The van der Waals surface area contributed by atoms with Crippen molar-refractivity contribution in [2.45, 2.75) is 20.8 Å². The van der Waals surface area contributed by atoms with Crippen LogP contribution in [0.4, 0.5) is 4.79 Å². The molecule has 3 aromatic heterocycles. The molecule has 0 spiro atoms. The number of fused-ring (bicyclic) bond motifs is 2. The Kier molecular flexibility index (Phi) is 4.91. The molecule has 3 heterocycles. The molecule has 0 aliphatic carbocycles. The predicted octanol–water partition coefficient (Wildman–Crippen LogP) is 4.06. The summed E-state index contributed by atoms with van der Waals surface area (Å²) in [5, 5.41) is 7.82. The maximum atomic E-state index is 12.2. The summed E-state index contributed by atoms with van der Waals surface area (Å²) < 4.78 is 14.5. The minimum atomic E-state index is -0.390. The summed E-state index contributed by atoms with van der Waals surface area (Å²) >= 11 is 0. The molecule has 8 nitrogen and oxygen atoms in total. The number of benzene rings is 1. The molecule has 1 aromatic carbocycles. The molecule has 0 saturated carbocycles. The van der Waals surface area contributed by atoms with Crippen molar-refractivity contribution in [3.63, 3.8) is 0 Å². The van der Waals surface area contributed by atoms with E-state index in [4.69, 9.17) is 9.47 Å². The van der Waals surface area contributed by atoms with E-state index in [1.807, 2.05) is 38.1 Å². The molecule has 8 heteroatoms. The third kappa shape index (κ3) is 3.16. The number of aromatic nitrogens is 3. The van der Waals surface area contributed by atoms with E-state index in [-0.39, 0.29) is 12.0 Å². The molecule has 4 aromatic rings. The van der Waals surface area contributed by atoms with Gasteiger partial charge in [0.1, 0.15) is 11.3 Å². The number of carbonyl (C=O) groups is 2. The van der Waals surface area contributed by atoms with Crippen LogP contribution >= 0.6 is 0 Å². The SMILES string of the molecule is CCOC(=O)c1cn2nccc(Oc3ccc4c(c3)cc(C)n4C(=O)NC)c2c1C. The molecule has 0 saturated heterocycles. The number of rotatable bonds is 4. The molecule has 4 rings (SSSR count). The van der Waals surface area contributed by atoms with Gasteiger partial charge in [0.05, 0.1) is 23.9 Å². The molecule has 1 N–H and O–H groups in total. The Balaban J connectivity index is 1.75. The van der Waals surface area contributed by atoms with Gasteiger partial charge >= 0.3 is 12.0 Å². The van der Waals surface area contributed by atoms with Gasteiger partial charge in [-0.15, -0.1) is 0 Å². The lowest BCUT2D eigenvalue weighted by atomic mass is 10.2. The number of aryl methyl sites for hydroxylation is 2. The van der Waals surface area contributed by atoms with Crippen LogP contribution in [0.5, 0.6) is 11.5 Å². The van der Waals surface area contributed by atoms with Crippen LogP contribution in [0.1, 0.15) is 28.5 Å². The van der Waals surface area contributed by atoms with Crippen molar-refractivity contribution in [1.82, 2.24) is 19.5 Å². The smallest absolute Gasteiger partial charge is 0.340 e. The van der Waals surface area contributed by atoms with Crippen molar-refractivity contribution in [3.8, 4) is 11.5 Å². The van der Waals surface area contributed by atoms with Crippen LogP contribution in [0.3, 0.4) is 0 Å². The summed E-state index contributed by atoms with van der Waals surface area (Å²) in [5.41, 5.74) is 3.50. The molecule has 0 aliphatic heterocycles. The molecule has 0 bridgehead atoms. The van der Waals surface area contributed by atoms with Crippen LogP contribution in [0.25, 0.3) is 16.4 Å². The topological polar surface area (TPSA) is 86.9 Å². The van der Waals surface area contributed by atoms with Crippen LogP contribution in [0.2, 0.25) is 0 Å². The molecule has 0 aliphatic rings. The Hall–Kier alpha value is -3.81. The highest BCUT2D eigenvalue weighted by molar-refractivity contribution is 5.95. The van der Waals surface area contributed by atoms with Crippen molar-refractivity contribution < 1.29 is 19.1 Å². The average molecular weight is 406 g/mol. The van der Waals surface area contributed by atoms with Gasteiger partial charge in [0.15, 0.2) is 5.75 Å². The first-order valence-electron chi connectivity index (χ1n) is 9.60. The summed E-state index contributed by atoms with van der Waals surface area (Å²) in [5.74, 6) is 0.793. The lowest BCUT2D eigenvalue weighted by Crippen LogP contribution is -2.25. The number of ether oxygens (including phenoxy) is 2. The van der Waals surface area contributed by atoms with Crippen molar-refractivity contribution in [2.24, 2.45) is 0 Å². The Morgan fingerprint density at radius 1 is 1.17 bits per heavy atom. The van der Waals surface area contributed by atoms with Gasteiger partial charge < -0.3 is 14.8 Å². The molecule has 1 amide bonds. The molecule has 154 valence electrons. The molecule has 0 atom stereocenters. The van der Waals surface area contributed by atoms with Gasteiger partial charge in [-0.05, 0) is 50.6 Å². The second-order valence-electron chi connectivity index (χ2n) is 6.88. The predicted molar refractivity (Wildman–Crippen MR) is 112 cm³/mol. The highest BCUT2D eigenvalue weighted by atomic mass is 16.5. The van der Waals surface area contributed by atoms with E-state index in [1.165, 1.54) is 0 Å². The van der Waals surface area contributed by atoms with Crippen molar-refractivity contribution in [2.75, 3.05) is 13.7 Å². The fourth-order valence-electron chi connectivity index (χ4n) is 3.62. The third-order valence-electron chi connectivity index (χ3n) is 4.99. The van der Waals surface area contributed by atoms with Crippen LogP contribution in [0, 0.1) is 13.8 Å². The first-order valence-corrected chi connectivity index (χ1v) is 9.60. The third-order valence-corrected chi connectivity index (χ3v) is 4.99. The summed E-state index contributed by atoms with van der Waals surface area (Å²) in [6.45, 7) is 5.79. The van der Waals surface area contributed by atoms with E-state index in [9.17, 15) is 9.59 Å². The Bertz CT molecular complexity index is 1290. The van der Waals surface area contributed by atoms with E-state index in [2.05, 4.69) is 10.4 Å². The minimum absolute atomic E-state index is 0.192. The molecule has 30 heavy (non-hydrogen) atoms. The number of amides is 1. The van der Waals surface area contributed by atoms with E-state index in [1.54, 1.807) is 41.5 Å². The fourth-order valence-corrected chi connectivity index (χ4v) is 3.62. The standard InChI is InChI=1S/C22H22N4O4/c1-5-29-21(27)17-12-25-20(14(17)3)19(8-9-24-25)30-16-6-7-18-15(11-16)10-13(2)26(18)22(28)23-4/h6-12H,5H2,1-4H3,(H,23,28). The van der Waals surface area contributed by atoms with Crippen LogP contribution in [-0.2, 0) is 4.74 Å². The van der Waals surface area contributed by atoms with Crippen LogP contribution in [0.15, 0.2) is 42.7 Å². The summed E-state index contributed by atoms with van der Waals surface area (Å²) in [4.78, 5) is 24.4.